The van der Waals surface area contributed by atoms with E-state index in [0.29, 0.717) is 25.4 Å². The molecule has 2 N–H and O–H groups in total. The van der Waals surface area contributed by atoms with E-state index < -0.39 is 0 Å². The maximum Gasteiger partial charge on any atom is 0.191 e. The van der Waals surface area contributed by atoms with Crippen molar-refractivity contribution in [1.82, 2.24) is 20.4 Å². The summed E-state index contributed by atoms with van der Waals surface area (Å²) in [5.74, 6) is 2.17. The Morgan fingerprint density at radius 1 is 1.03 bits per heavy atom. The molecule has 0 aliphatic carbocycles. The van der Waals surface area contributed by atoms with Crippen LogP contribution in [0.15, 0.2) is 65.8 Å². The fourth-order valence-electron chi connectivity index (χ4n) is 2.93. The molecule has 0 amide bonds. The summed E-state index contributed by atoms with van der Waals surface area (Å²) in [5.41, 5.74) is 3.24. The van der Waals surface area contributed by atoms with Crippen LogP contribution in [-0.4, -0.2) is 29.4 Å². The van der Waals surface area contributed by atoms with Crippen molar-refractivity contribution in [2.45, 2.75) is 26.6 Å². The Bertz CT molecular complexity index is 953. The number of aryl methyl sites for hydroxylation is 1. The van der Waals surface area contributed by atoms with Crippen LogP contribution < -0.4 is 20.1 Å². The van der Waals surface area contributed by atoms with Gasteiger partial charge in [-0.3, -0.25) is 4.68 Å². The van der Waals surface area contributed by atoms with Crippen molar-refractivity contribution in [3.05, 3.63) is 77.6 Å². The molecule has 0 aliphatic rings. The van der Waals surface area contributed by atoms with Crippen molar-refractivity contribution in [1.29, 1.82) is 0 Å². The minimum Gasteiger partial charge on any atom is -0.493 e. The van der Waals surface area contributed by atoms with Crippen LogP contribution >= 0.6 is 0 Å². The molecule has 0 radical (unpaired) electrons. The largest absolute Gasteiger partial charge is 0.493 e. The topological polar surface area (TPSA) is 72.7 Å². The second-order valence-electron chi connectivity index (χ2n) is 6.75. The van der Waals surface area contributed by atoms with Crippen molar-refractivity contribution < 1.29 is 9.47 Å². The fourth-order valence-corrected chi connectivity index (χ4v) is 2.93. The van der Waals surface area contributed by atoms with Gasteiger partial charge in [0, 0.05) is 19.8 Å². The number of ether oxygens (including phenoxy) is 2. The Balaban J connectivity index is 1.63. The summed E-state index contributed by atoms with van der Waals surface area (Å²) in [6.45, 7) is 4.50. The predicted octanol–water partition coefficient (Wildman–Crippen LogP) is 3.26. The van der Waals surface area contributed by atoms with Gasteiger partial charge in [-0.2, -0.15) is 5.10 Å². The van der Waals surface area contributed by atoms with Crippen LogP contribution in [0.25, 0.3) is 0 Å². The Labute approximate surface area is 177 Å². The van der Waals surface area contributed by atoms with Crippen LogP contribution in [0.3, 0.4) is 0 Å². The van der Waals surface area contributed by atoms with E-state index in [1.54, 1.807) is 13.3 Å². The predicted molar refractivity (Wildman–Crippen MR) is 119 cm³/mol. The third-order valence-corrected chi connectivity index (χ3v) is 4.59. The molecule has 0 aliphatic heterocycles. The van der Waals surface area contributed by atoms with E-state index in [1.165, 1.54) is 0 Å². The van der Waals surface area contributed by atoms with Gasteiger partial charge in [0.05, 0.1) is 25.9 Å². The normalized spacial score (nSPS) is 11.2. The molecular formula is C23H29N5O2. The second kappa shape index (κ2) is 10.9. The van der Waals surface area contributed by atoms with Gasteiger partial charge in [-0.05, 0) is 36.2 Å². The van der Waals surface area contributed by atoms with E-state index in [0.717, 1.165) is 35.1 Å². The lowest BCUT2D eigenvalue weighted by molar-refractivity contribution is 0.284. The molecule has 0 atom stereocenters. The fraction of sp³-hybridized carbons (Fsp3) is 0.304. The summed E-state index contributed by atoms with van der Waals surface area (Å²) >= 11 is 0. The lowest BCUT2D eigenvalue weighted by Crippen LogP contribution is -2.37. The Morgan fingerprint density at radius 2 is 1.87 bits per heavy atom. The number of hydrogen-bond donors (Lipinski definition) is 2. The molecule has 0 unspecified atom stereocenters. The van der Waals surface area contributed by atoms with Gasteiger partial charge in [0.2, 0.25) is 0 Å². The average molecular weight is 408 g/mol. The first-order valence-corrected chi connectivity index (χ1v) is 10.0. The summed E-state index contributed by atoms with van der Waals surface area (Å²) < 4.78 is 13.3. The number of guanidine groups is 1. The second-order valence-corrected chi connectivity index (χ2v) is 6.75. The Hall–Kier alpha value is -3.48. The molecule has 7 nitrogen and oxygen atoms in total. The van der Waals surface area contributed by atoms with Crippen LogP contribution in [0.4, 0.5) is 0 Å². The summed E-state index contributed by atoms with van der Waals surface area (Å²) in [6.07, 6.45) is 1.79. The zero-order chi connectivity index (χ0) is 21.2. The number of methoxy groups -OCH3 is 1. The summed E-state index contributed by atoms with van der Waals surface area (Å²) in [5, 5.41) is 10.8. The van der Waals surface area contributed by atoms with Crippen molar-refractivity contribution in [3.8, 4) is 11.5 Å². The molecule has 7 heteroatoms. The van der Waals surface area contributed by atoms with E-state index in [4.69, 9.17) is 9.47 Å². The summed E-state index contributed by atoms with van der Waals surface area (Å²) in [6, 6.07) is 18.0. The third-order valence-electron chi connectivity index (χ3n) is 4.59. The molecule has 1 heterocycles. The SMILES string of the molecule is CCNC(=NCc1ccc(OCc2ccccc2)c(OC)c1)NCc1ccnn1C. The van der Waals surface area contributed by atoms with E-state index >= 15 is 0 Å². The molecule has 3 aromatic rings. The lowest BCUT2D eigenvalue weighted by atomic mass is 10.2. The molecule has 0 bridgehead atoms. The lowest BCUT2D eigenvalue weighted by Gasteiger charge is -2.13. The van der Waals surface area contributed by atoms with Crippen molar-refractivity contribution in [2.24, 2.45) is 12.0 Å². The van der Waals surface area contributed by atoms with Gasteiger partial charge in [-0.25, -0.2) is 4.99 Å². The van der Waals surface area contributed by atoms with Gasteiger partial charge >= 0.3 is 0 Å². The number of nitrogens with zero attached hydrogens (tertiary/aromatic N) is 3. The van der Waals surface area contributed by atoms with E-state index in [2.05, 4.69) is 20.7 Å². The minimum absolute atomic E-state index is 0.497. The van der Waals surface area contributed by atoms with E-state index in [-0.39, 0.29) is 0 Å². The minimum atomic E-state index is 0.497. The van der Waals surface area contributed by atoms with Gasteiger partial charge < -0.3 is 20.1 Å². The first kappa shape index (κ1) is 21.2. The van der Waals surface area contributed by atoms with Crippen LogP contribution in [0, 0.1) is 0 Å². The van der Waals surface area contributed by atoms with Crippen LogP contribution in [-0.2, 0) is 26.7 Å². The molecule has 0 spiro atoms. The zero-order valence-corrected chi connectivity index (χ0v) is 17.8. The maximum atomic E-state index is 5.93. The standard InChI is InChI=1S/C23H29N5O2/c1-4-24-23(26-16-20-12-13-27-28(20)2)25-15-19-10-11-21(22(14-19)29-3)30-17-18-8-6-5-7-9-18/h5-14H,4,15-17H2,1-3H3,(H2,24,25,26). The van der Waals surface area contributed by atoms with Crippen molar-refractivity contribution >= 4 is 5.96 Å². The molecule has 0 saturated carbocycles. The van der Waals surface area contributed by atoms with Crippen LogP contribution in [0.5, 0.6) is 11.5 Å². The van der Waals surface area contributed by atoms with Gasteiger partial charge in [0.15, 0.2) is 17.5 Å². The van der Waals surface area contributed by atoms with Gasteiger partial charge in [-0.15, -0.1) is 0 Å². The highest BCUT2D eigenvalue weighted by Gasteiger charge is 2.07. The molecule has 2 aromatic carbocycles. The van der Waals surface area contributed by atoms with E-state index in [1.807, 2.05) is 73.3 Å². The number of aliphatic imine (C=N–C) groups is 1. The van der Waals surface area contributed by atoms with Gasteiger partial charge in [0.1, 0.15) is 6.61 Å². The van der Waals surface area contributed by atoms with E-state index in [9.17, 15) is 0 Å². The molecule has 0 fully saturated rings. The van der Waals surface area contributed by atoms with Gasteiger partial charge in [-0.1, -0.05) is 36.4 Å². The highest BCUT2D eigenvalue weighted by Crippen LogP contribution is 2.29. The average Bonchev–Trinajstić information content (AvgIpc) is 3.19. The highest BCUT2D eigenvalue weighted by atomic mass is 16.5. The monoisotopic (exact) mass is 407 g/mol. The highest BCUT2D eigenvalue weighted by molar-refractivity contribution is 5.79. The summed E-state index contributed by atoms with van der Waals surface area (Å²) in [4.78, 5) is 4.68. The smallest absolute Gasteiger partial charge is 0.191 e. The summed E-state index contributed by atoms with van der Waals surface area (Å²) in [7, 11) is 3.58. The molecule has 158 valence electrons. The number of hydrogen-bond acceptors (Lipinski definition) is 4. The molecule has 30 heavy (non-hydrogen) atoms. The Kier molecular flexibility index (Phi) is 7.71. The van der Waals surface area contributed by atoms with Crippen molar-refractivity contribution in [3.63, 3.8) is 0 Å². The van der Waals surface area contributed by atoms with Crippen LogP contribution in [0.1, 0.15) is 23.7 Å². The first-order valence-electron chi connectivity index (χ1n) is 10.0. The molecule has 1 aromatic heterocycles. The van der Waals surface area contributed by atoms with Crippen LogP contribution in [0.2, 0.25) is 0 Å². The zero-order valence-electron chi connectivity index (χ0n) is 17.8. The maximum absolute atomic E-state index is 5.93. The number of benzene rings is 2. The molecule has 3 rings (SSSR count). The van der Waals surface area contributed by atoms with Gasteiger partial charge in [0.25, 0.3) is 0 Å². The molecular weight excluding hydrogens is 378 g/mol. The number of nitrogens with one attached hydrogen (secondary N) is 2. The molecule has 0 saturated heterocycles. The number of rotatable bonds is 9. The quantitative estimate of drug-likeness (QED) is 0.421. The van der Waals surface area contributed by atoms with Crippen molar-refractivity contribution in [2.75, 3.05) is 13.7 Å². The number of aromatic nitrogens is 2. The first-order chi connectivity index (χ1) is 14.7. The third kappa shape index (κ3) is 6.01. The Morgan fingerprint density at radius 3 is 2.57 bits per heavy atom.